The van der Waals surface area contributed by atoms with Gasteiger partial charge in [-0.1, -0.05) is 42.5 Å². The van der Waals surface area contributed by atoms with Gasteiger partial charge in [-0.05, 0) is 25.1 Å². The van der Waals surface area contributed by atoms with E-state index < -0.39 is 5.91 Å². The lowest BCUT2D eigenvalue weighted by molar-refractivity contribution is 0.0935. The maximum Gasteiger partial charge on any atom is 0.274 e. The number of hydrogen-bond acceptors (Lipinski definition) is 7. The second-order valence-electron chi connectivity index (χ2n) is 7.76. The number of pyridine rings is 1. The number of nitrogens with zero attached hydrogens (tertiary/aromatic N) is 5. The topological polar surface area (TPSA) is 120 Å². The van der Waals surface area contributed by atoms with Gasteiger partial charge in [-0.25, -0.2) is 9.97 Å². The van der Waals surface area contributed by atoms with Crippen molar-refractivity contribution in [2.45, 2.75) is 13.0 Å². The molecule has 3 heterocycles. The Labute approximate surface area is 196 Å². The zero-order valence-electron chi connectivity index (χ0n) is 18.4. The normalized spacial score (nSPS) is 11.8. The minimum absolute atomic E-state index is 0.0499. The average Bonchev–Trinajstić information content (AvgIpc) is 2.89. The number of aromatic nitrogens is 5. The van der Waals surface area contributed by atoms with Gasteiger partial charge in [0, 0.05) is 35.1 Å². The van der Waals surface area contributed by atoms with Crippen LogP contribution in [0.3, 0.4) is 0 Å². The van der Waals surface area contributed by atoms with E-state index in [1.54, 1.807) is 24.8 Å². The molecule has 0 saturated carbocycles. The van der Waals surface area contributed by atoms with Gasteiger partial charge < -0.3 is 11.1 Å². The molecule has 0 unspecified atom stereocenters. The molecule has 166 valence electrons. The Hall–Kier alpha value is -4.72. The fraction of sp³-hybridized carbons (Fsp3) is 0.0769. The summed E-state index contributed by atoms with van der Waals surface area (Å²) in [6.45, 7) is 1.82. The summed E-state index contributed by atoms with van der Waals surface area (Å²) >= 11 is 0. The molecule has 5 rings (SSSR count). The molecule has 5 aromatic rings. The lowest BCUT2D eigenvalue weighted by Crippen LogP contribution is -2.29. The van der Waals surface area contributed by atoms with Gasteiger partial charge in [-0.3, -0.25) is 19.7 Å². The van der Waals surface area contributed by atoms with Gasteiger partial charge in [-0.15, -0.1) is 0 Å². The van der Waals surface area contributed by atoms with Crippen molar-refractivity contribution in [2.24, 2.45) is 0 Å². The smallest absolute Gasteiger partial charge is 0.274 e. The molecular weight excluding hydrogens is 426 g/mol. The van der Waals surface area contributed by atoms with E-state index in [2.05, 4.69) is 25.3 Å². The fourth-order valence-corrected chi connectivity index (χ4v) is 3.71. The highest BCUT2D eigenvalue weighted by Crippen LogP contribution is 2.32. The molecule has 0 spiro atoms. The summed E-state index contributed by atoms with van der Waals surface area (Å²) < 4.78 is 0. The van der Waals surface area contributed by atoms with Crippen LogP contribution in [0.1, 0.15) is 29.1 Å². The standard InChI is InChI=1S/C26H21N7O/c1-16(21-15-28-12-13-30-21)31-26(34)24-25(27)33-22(17-6-3-2-4-7-17)23(32-24)19-9-10-20-18(14-19)8-5-11-29-20/h2-16H,1H3,(H2,27,33)(H,31,34)/t16-/m0/s1. The largest absolute Gasteiger partial charge is 0.382 e. The summed E-state index contributed by atoms with van der Waals surface area (Å²) in [6.07, 6.45) is 6.51. The Morgan fingerprint density at radius 3 is 2.50 bits per heavy atom. The number of fused-ring (bicyclic) bond motifs is 1. The Morgan fingerprint density at radius 1 is 0.882 bits per heavy atom. The SMILES string of the molecule is C[C@H](NC(=O)c1nc(-c2ccc3ncccc3c2)c(-c2ccccc2)nc1N)c1cnccn1. The minimum Gasteiger partial charge on any atom is -0.382 e. The van der Waals surface area contributed by atoms with Crippen LogP contribution in [-0.2, 0) is 0 Å². The van der Waals surface area contributed by atoms with Crippen LogP contribution in [0.25, 0.3) is 33.4 Å². The lowest BCUT2D eigenvalue weighted by Gasteiger charge is -2.16. The van der Waals surface area contributed by atoms with Crippen LogP contribution in [0.15, 0.2) is 85.5 Å². The van der Waals surface area contributed by atoms with Crippen molar-refractivity contribution in [3.63, 3.8) is 0 Å². The molecule has 0 saturated heterocycles. The summed E-state index contributed by atoms with van der Waals surface area (Å²) in [5.74, 6) is -0.389. The maximum atomic E-state index is 13.1. The quantitative estimate of drug-likeness (QED) is 0.414. The molecule has 0 bridgehead atoms. The highest BCUT2D eigenvalue weighted by atomic mass is 16.2. The van der Waals surface area contributed by atoms with E-state index in [1.807, 2.05) is 67.6 Å². The summed E-state index contributed by atoms with van der Waals surface area (Å²) in [4.78, 5) is 35.2. The van der Waals surface area contributed by atoms with E-state index in [0.717, 1.165) is 22.0 Å². The van der Waals surface area contributed by atoms with Crippen LogP contribution >= 0.6 is 0 Å². The fourth-order valence-electron chi connectivity index (χ4n) is 3.71. The highest BCUT2D eigenvalue weighted by Gasteiger charge is 2.22. The minimum atomic E-state index is -0.438. The molecule has 34 heavy (non-hydrogen) atoms. The number of carbonyl (C=O) groups excluding carboxylic acids is 1. The van der Waals surface area contributed by atoms with E-state index in [1.165, 1.54) is 0 Å². The number of nitrogens with two attached hydrogens (primary N) is 1. The Balaban J connectivity index is 1.60. The third kappa shape index (κ3) is 4.16. The highest BCUT2D eigenvalue weighted by molar-refractivity contribution is 5.98. The number of benzene rings is 2. The Kier molecular flexibility index (Phi) is 5.61. The first-order valence-electron chi connectivity index (χ1n) is 10.7. The number of anilines is 1. The Morgan fingerprint density at radius 2 is 1.71 bits per heavy atom. The number of nitrogen functional groups attached to an aromatic ring is 1. The first kappa shape index (κ1) is 21.1. The van der Waals surface area contributed by atoms with Crippen molar-refractivity contribution in [2.75, 3.05) is 5.73 Å². The second kappa shape index (κ2) is 9.03. The first-order valence-corrected chi connectivity index (χ1v) is 10.7. The summed E-state index contributed by atoms with van der Waals surface area (Å²) in [5, 5.41) is 3.85. The van der Waals surface area contributed by atoms with Gasteiger partial charge in [0.05, 0.1) is 34.8 Å². The molecule has 0 aliphatic carbocycles. The van der Waals surface area contributed by atoms with Gasteiger partial charge in [-0.2, -0.15) is 0 Å². The van der Waals surface area contributed by atoms with Crippen LogP contribution in [0.2, 0.25) is 0 Å². The molecule has 2 aromatic carbocycles. The molecule has 1 atom stereocenters. The van der Waals surface area contributed by atoms with Crippen molar-refractivity contribution in [1.82, 2.24) is 30.2 Å². The molecule has 8 heteroatoms. The molecule has 0 radical (unpaired) electrons. The number of nitrogens with one attached hydrogen (secondary N) is 1. The lowest BCUT2D eigenvalue weighted by atomic mass is 10.0. The predicted octanol–water partition coefficient (Wildman–Crippen LogP) is 4.22. The molecule has 0 aliphatic rings. The molecule has 3 aromatic heterocycles. The third-order valence-electron chi connectivity index (χ3n) is 5.44. The van der Waals surface area contributed by atoms with Crippen LogP contribution in [0.5, 0.6) is 0 Å². The molecule has 8 nitrogen and oxygen atoms in total. The van der Waals surface area contributed by atoms with E-state index >= 15 is 0 Å². The zero-order chi connectivity index (χ0) is 23.5. The first-order chi connectivity index (χ1) is 16.6. The van der Waals surface area contributed by atoms with Gasteiger partial charge in [0.15, 0.2) is 11.5 Å². The average molecular weight is 448 g/mol. The number of amides is 1. The van der Waals surface area contributed by atoms with E-state index in [0.29, 0.717) is 17.1 Å². The monoisotopic (exact) mass is 447 g/mol. The van der Waals surface area contributed by atoms with Gasteiger partial charge in [0.2, 0.25) is 0 Å². The van der Waals surface area contributed by atoms with Crippen molar-refractivity contribution >= 4 is 22.6 Å². The summed E-state index contributed by atoms with van der Waals surface area (Å²) in [6, 6.07) is 19.0. The van der Waals surface area contributed by atoms with Crippen LogP contribution < -0.4 is 11.1 Å². The zero-order valence-corrected chi connectivity index (χ0v) is 18.4. The molecule has 0 fully saturated rings. The molecular formula is C26H21N7O. The van der Waals surface area contributed by atoms with E-state index in [-0.39, 0.29) is 17.6 Å². The number of carbonyl (C=O) groups is 1. The van der Waals surface area contributed by atoms with Gasteiger partial charge >= 0.3 is 0 Å². The second-order valence-corrected chi connectivity index (χ2v) is 7.76. The van der Waals surface area contributed by atoms with Crippen molar-refractivity contribution in [3.8, 4) is 22.5 Å². The van der Waals surface area contributed by atoms with E-state index in [4.69, 9.17) is 10.7 Å². The van der Waals surface area contributed by atoms with Crippen LogP contribution in [-0.4, -0.2) is 30.8 Å². The molecule has 3 N–H and O–H groups in total. The van der Waals surface area contributed by atoms with Crippen molar-refractivity contribution < 1.29 is 4.79 Å². The van der Waals surface area contributed by atoms with Crippen molar-refractivity contribution in [3.05, 3.63) is 96.8 Å². The number of rotatable bonds is 5. The molecule has 1 amide bonds. The third-order valence-corrected chi connectivity index (χ3v) is 5.44. The van der Waals surface area contributed by atoms with Gasteiger partial charge in [0.25, 0.3) is 5.91 Å². The number of hydrogen-bond donors (Lipinski definition) is 2. The Bertz CT molecular complexity index is 1470. The van der Waals surface area contributed by atoms with E-state index in [9.17, 15) is 4.79 Å². The van der Waals surface area contributed by atoms with Gasteiger partial charge in [0.1, 0.15) is 0 Å². The maximum absolute atomic E-state index is 13.1. The summed E-state index contributed by atoms with van der Waals surface area (Å²) in [5.41, 5.74) is 10.6. The van der Waals surface area contributed by atoms with Crippen LogP contribution in [0, 0.1) is 0 Å². The predicted molar refractivity (Wildman–Crippen MR) is 131 cm³/mol. The van der Waals surface area contributed by atoms with Crippen molar-refractivity contribution in [1.29, 1.82) is 0 Å². The molecule has 0 aliphatic heterocycles. The summed E-state index contributed by atoms with van der Waals surface area (Å²) in [7, 11) is 0. The van der Waals surface area contributed by atoms with Crippen LogP contribution in [0.4, 0.5) is 5.82 Å².